The lowest BCUT2D eigenvalue weighted by atomic mass is 10.1. The third-order valence-corrected chi connectivity index (χ3v) is 6.01. The van der Waals surface area contributed by atoms with Crippen LogP contribution in [-0.4, -0.2) is 41.0 Å². The van der Waals surface area contributed by atoms with Crippen LogP contribution in [0.15, 0.2) is 34.1 Å². The molecule has 0 saturated carbocycles. The molecule has 8 nitrogen and oxygen atoms in total. The van der Waals surface area contributed by atoms with Crippen LogP contribution in [-0.2, 0) is 24.8 Å². The number of carbonyl (C=O) groups is 1. The molecule has 1 aromatic rings. The fourth-order valence-corrected chi connectivity index (χ4v) is 4.60. The molecular formula is C12H18N2O6S2. The Balaban J connectivity index is 3.40. The predicted octanol–water partition coefficient (Wildman–Crippen LogP) is -0.0178. The summed E-state index contributed by atoms with van der Waals surface area (Å²) in [5.74, 6) is -1.85. The number of nitrogens with one attached hydrogen (secondary N) is 2. The summed E-state index contributed by atoms with van der Waals surface area (Å²) in [5, 5.41) is 9.07. The van der Waals surface area contributed by atoms with Crippen molar-refractivity contribution in [3.05, 3.63) is 24.3 Å². The van der Waals surface area contributed by atoms with E-state index in [0.717, 1.165) is 19.2 Å². The number of hydrogen-bond donors (Lipinski definition) is 3. The fraction of sp³-hybridized carbons (Fsp3) is 0.417. The molecule has 3 N–H and O–H groups in total. The first-order valence-corrected chi connectivity index (χ1v) is 9.27. The summed E-state index contributed by atoms with van der Waals surface area (Å²) in [6.45, 7) is 3.08. The molecule has 0 heterocycles. The third kappa shape index (κ3) is 4.03. The van der Waals surface area contributed by atoms with Crippen molar-refractivity contribution < 1.29 is 26.7 Å². The summed E-state index contributed by atoms with van der Waals surface area (Å²) in [4.78, 5) is 10.2. The Bertz CT molecular complexity index is 756. The standard InChI is InChI=1S/C12H18N2O6S2/c1-8(2)11(12(15)16)14-22(19,20)10-7-5-4-6-9(10)21(17,18)13-3/h4-8,11,13-14H,1-3H3,(H,15,16). The van der Waals surface area contributed by atoms with Crippen molar-refractivity contribution in [3.8, 4) is 0 Å². The molecule has 0 spiro atoms. The minimum Gasteiger partial charge on any atom is -0.480 e. The Morgan fingerprint density at radius 3 is 1.86 bits per heavy atom. The van der Waals surface area contributed by atoms with Gasteiger partial charge < -0.3 is 5.11 Å². The van der Waals surface area contributed by atoms with E-state index in [1.807, 2.05) is 9.44 Å². The van der Waals surface area contributed by atoms with Gasteiger partial charge in [-0.15, -0.1) is 0 Å². The van der Waals surface area contributed by atoms with Gasteiger partial charge in [-0.3, -0.25) is 4.79 Å². The lowest BCUT2D eigenvalue weighted by Gasteiger charge is -2.19. The van der Waals surface area contributed by atoms with Gasteiger partial charge in [0.25, 0.3) is 0 Å². The van der Waals surface area contributed by atoms with Gasteiger partial charge in [-0.1, -0.05) is 26.0 Å². The molecule has 1 atom stereocenters. The van der Waals surface area contributed by atoms with Crippen molar-refractivity contribution in [3.63, 3.8) is 0 Å². The van der Waals surface area contributed by atoms with Crippen LogP contribution in [0.5, 0.6) is 0 Å². The number of sulfonamides is 2. The number of hydrogen-bond acceptors (Lipinski definition) is 5. The minimum absolute atomic E-state index is 0.446. The highest BCUT2D eigenvalue weighted by Crippen LogP contribution is 2.21. The first-order chi connectivity index (χ1) is 10.0. The lowest BCUT2D eigenvalue weighted by molar-refractivity contribution is -0.140. The summed E-state index contributed by atoms with van der Waals surface area (Å²) >= 11 is 0. The Labute approximate surface area is 129 Å². The summed E-state index contributed by atoms with van der Waals surface area (Å²) in [6, 6.07) is 3.60. The molecule has 0 aliphatic rings. The molecule has 1 unspecified atom stereocenters. The van der Waals surface area contributed by atoms with E-state index in [-0.39, 0.29) is 0 Å². The summed E-state index contributed by atoms with van der Waals surface area (Å²) in [7, 11) is -7.18. The van der Waals surface area contributed by atoms with E-state index in [2.05, 4.69) is 0 Å². The van der Waals surface area contributed by atoms with Crippen LogP contribution in [0.4, 0.5) is 0 Å². The highest BCUT2D eigenvalue weighted by molar-refractivity contribution is 7.92. The number of aliphatic carboxylic acids is 1. The zero-order valence-electron chi connectivity index (χ0n) is 12.3. The van der Waals surface area contributed by atoms with E-state index in [1.54, 1.807) is 0 Å². The molecule has 0 aliphatic heterocycles. The SMILES string of the molecule is CNS(=O)(=O)c1ccccc1S(=O)(=O)NC(C(=O)O)C(C)C. The van der Waals surface area contributed by atoms with Gasteiger partial charge in [-0.05, 0) is 25.1 Å². The second-order valence-electron chi connectivity index (χ2n) is 4.84. The van der Waals surface area contributed by atoms with Crippen molar-refractivity contribution in [2.75, 3.05) is 7.05 Å². The van der Waals surface area contributed by atoms with Crippen LogP contribution >= 0.6 is 0 Å². The van der Waals surface area contributed by atoms with Gasteiger partial charge in [0.2, 0.25) is 20.0 Å². The van der Waals surface area contributed by atoms with Gasteiger partial charge in [0.05, 0.1) is 0 Å². The van der Waals surface area contributed by atoms with Gasteiger partial charge in [-0.25, -0.2) is 21.6 Å². The van der Waals surface area contributed by atoms with Crippen LogP contribution in [0, 0.1) is 5.92 Å². The Morgan fingerprint density at radius 1 is 1.05 bits per heavy atom. The number of rotatable bonds is 7. The molecule has 1 rings (SSSR count). The Kier molecular flexibility index (Phi) is 5.68. The van der Waals surface area contributed by atoms with Crippen molar-refractivity contribution >= 4 is 26.0 Å². The van der Waals surface area contributed by atoms with Gasteiger partial charge in [-0.2, -0.15) is 4.72 Å². The Morgan fingerprint density at radius 2 is 1.50 bits per heavy atom. The third-order valence-electron chi connectivity index (χ3n) is 2.91. The molecule has 10 heteroatoms. The smallest absolute Gasteiger partial charge is 0.322 e. The van der Waals surface area contributed by atoms with E-state index < -0.39 is 47.8 Å². The first-order valence-electron chi connectivity index (χ1n) is 6.30. The average Bonchev–Trinajstić information content (AvgIpc) is 2.44. The summed E-state index contributed by atoms with van der Waals surface area (Å²) in [5.41, 5.74) is 0. The molecule has 0 fully saturated rings. The molecule has 0 amide bonds. The molecule has 0 bridgehead atoms. The maximum Gasteiger partial charge on any atom is 0.322 e. The maximum absolute atomic E-state index is 12.4. The molecule has 124 valence electrons. The maximum atomic E-state index is 12.4. The zero-order chi connectivity index (χ0) is 17.1. The van der Waals surface area contributed by atoms with Crippen LogP contribution < -0.4 is 9.44 Å². The van der Waals surface area contributed by atoms with Crippen LogP contribution in [0.25, 0.3) is 0 Å². The van der Waals surface area contributed by atoms with Gasteiger partial charge in [0, 0.05) is 0 Å². The minimum atomic E-state index is -4.32. The summed E-state index contributed by atoms with van der Waals surface area (Å²) in [6.07, 6.45) is 0. The highest BCUT2D eigenvalue weighted by Gasteiger charge is 2.31. The molecule has 1 aromatic carbocycles. The Hall–Kier alpha value is -1.49. The second kappa shape index (κ2) is 6.73. The van der Waals surface area contributed by atoms with Crippen LogP contribution in [0.1, 0.15) is 13.8 Å². The molecular weight excluding hydrogens is 332 g/mol. The number of benzene rings is 1. The van der Waals surface area contributed by atoms with Crippen LogP contribution in [0.3, 0.4) is 0 Å². The average molecular weight is 350 g/mol. The van der Waals surface area contributed by atoms with Gasteiger partial charge in [0.1, 0.15) is 15.8 Å². The van der Waals surface area contributed by atoms with E-state index >= 15 is 0 Å². The molecule has 0 saturated heterocycles. The van der Waals surface area contributed by atoms with Gasteiger partial charge in [0.15, 0.2) is 0 Å². The predicted molar refractivity (Wildman–Crippen MR) is 79.3 cm³/mol. The monoisotopic (exact) mass is 350 g/mol. The summed E-state index contributed by atoms with van der Waals surface area (Å²) < 4.78 is 52.6. The second-order valence-corrected chi connectivity index (χ2v) is 8.37. The van der Waals surface area contributed by atoms with Crippen molar-refractivity contribution in [1.82, 2.24) is 9.44 Å². The topological polar surface area (TPSA) is 130 Å². The molecule has 0 radical (unpaired) electrons. The molecule has 0 aromatic heterocycles. The highest BCUT2D eigenvalue weighted by atomic mass is 32.2. The van der Waals surface area contributed by atoms with Crippen molar-refractivity contribution in [2.24, 2.45) is 5.92 Å². The molecule has 0 aliphatic carbocycles. The van der Waals surface area contributed by atoms with E-state index in [9.17, 15) is 21.6 Å². The van der Waals surface area contributed by atoms with E-state index in [4.69, 9.17) is 5.11 Å². The number of carboxylic acid groups (broad SMARTS) is 1. The van der Waals surface area contributed by atoms with Crippen molar-refractivity contribution in [2.45, 2.75) is 29.7 Å². The fourth-order valence-electron chi connectivity index (χ4n) is 1.71. The zero-order valence-corrected chi connectivity index (χ0v) is 13.9. The van der Waals surface area contributed by atoms with Gasteiger partial charge >= 0.3 is 5.97 Å². The largest absolute Gasteiger partial charge is 0.480 e. The number of carboxylic acids is 1. The van der Waals surface area contributed by atoms with E-state index in [1.165, 1.54) is 26.0 Å². The van der Waals surface area contributed by atoms with Crippen molar-refractivity contribution in [1.29, 1.82) is 0 Å². The lowest BCUT2D eigenvalue weighted by Crippen LogP contribution is -2.44. The normalized spacial score (nSPS) is 14.0. The van der Waals surface area contributed by atoms with E-state index in [0.29, 0.717) is 0 Å². The molecule has 22 heavy (non-hydrogen) atoms. The van der Waals surface area contributed by atoms with Crippen LogP contribution in [0.2, 0.25) is 0 Å². The first kappa shape index (κ1) is 18.6. The quantitative estimate of drug-likeness (QED) is 0.634.